The fraction of sp³-hybridized carbons (Fsp3) is 0.571. The lowest BCUT2D eigenvalue weighted by molar-refractivity contribution is 0.307. The molecular weight excluding hydrogens is 248 g/mol. The van der Waals surface area contributed by atoms with Crippen molar-refractivity contribution in [1.29, 1.82) is 0 Å². The summed E-state index contributed by atoms with van der Waals surface area (Å²) in [5.74, 6) is 0. The summed E-state index contributed by atoms with van der Waals surface area (Å²) in [6, 6.07) is 8.94. The van der Waals surface area contributed by atoms with Crippen LogP contribution in [-0.2, 0) is 6.42 Å². The van der Waals surface area contributed by atoms with Crippen molar-refractivity contribution in [3.8, 4) is 0 Å². The molecule has 0 aliphatic heterocycles. The third-order valence-electron chi connectivity index (χ3n) is 3.48. The molecule has 0 amide bonds. The van der Waals surface area contributed by atoms with Crippen LogP contribution in [0.4, 0.5) is 0 Å². The lowest BCUT2D eigenvalue weighted by Crippen LogP contribution is -2.23. The lowest BCUT2D eigenvalue weighted by atomic mass is 9.79. The molecule has 0 fully saturated rings. The molecule has 0 aromatic heterocycles. The largest absolute Gasteiger partial charge is 0.0922 e. The van der Waals surface area contributed by atoms with Crippen molar-refractivity contribution in [3.05, 3.63) is 35.4 Å². The number of rotatable bonds is 5. The number of halogens is 1. The third kappa shape index (κ3) is 3.34. The molecule has 0 heterocycles. The van der Waals surface area contributed by atoms with Gasteiger partial charge in [0.05, 0.1) is 0 Å². The normalized spacial score (nSPS) is 11.7. The Labute approximate surface area is 102 Å². The molecular formula is C14H21Br. The van der Waals surface area contributed by atoms with E-state index in [0.29, 0.717) is 5.41 Å². The third-order valence-corrected chi connectivity index (χ3v) is 4.67. The van der Waals surface area contributed by atoms with Gasteiger partial charge in [-0.05, 0) is 37.2 Å². The highest BCUT2D eigenvalue weighted by atomic mass is 79.9. The Morgan fingerprint density at radius 1 is 1.07 bits per heavy atom. The van der Waals surface area contributed by atoms with Gasteiger partial charge >= 0.3 is 0 Å². The van der Waals surface area contributed by atoms with Crippen LogP contribution in [0.15, 0.2) is 24.3 Å². The van der Waals surface area contributed by atoms with Crippen molar-refractivity contribution in [1.82, 2.24) is 0 Å². The van der Waals surface area contributed by atoms with Crippen LogP contribution in [0.3, 0.4) is 0 Å². The molecule has 84 valence electrons. The monoisotopic (exact) mass is 268 g/mol. The molecule has 0 radical (unpaired) electrons. The minimum Gasteiger partial charge on any atom is -0.0922 e. The molecule has 0 spiro atoms. The molecule has 1 aromatic rings. The summed E-state index contributed by atoms with van der Waals surface area (Å²) in [5.41, 5.74) is 3.25. The van der Waals surface area contributed by atoms with E-state index in [1.165, 1.54) is 30.4 Å². The van der Waals surface area contributed by atoms with E-state index in [9.17, 15) is 0 Å². The van der Waals surface area contributed by atoms with Crippen molar-refractivity contribution in [3.63, 3.8) is 0 Å². The van der Waals surface area contributed by atoms with E-state index >= 15 is 0 Å². The summed E-state index contributed by atoms with van der Waals surface area (Å²) >= 11 is 3.67. The fourth-order valence-electron chi connectivity index (χ4n) is 1.88. The highest BCUT2D eigenvalue weighted by Gasteiger charge is 2.24. The van der Waals surface area contributed by atoms with Crippen LogP contribution in [0.5, 0.6) is 0 Å². The lowest BCUT2D eigenvalue weighted by Gasteiger charge is -2.29. The predicted molar refractivity (Wildman–Crippen MR) is 71.7 cm³/mol. The van der Waals surface area contributed by atoms with E-state index in [-0.39, 0.29) is 0 Å². The number of hydrogen-bond donors (Lipinski definition) is 0. The van der Waals surface area contributed by atoms with E-state index in [1.54, 1.807) is 0 Å². The zero-order chi connectivity index (χ0) is 11.3. The standard InChI is InChI=1S/C14H21Br/c1-4-14(5-2,11-15)10-13-8-6-12(3)7-9-13/h6-9H,4-5,10-11H2,1-3H3. The first-order chi connectivity index (χ1) is 7.15. The minimum absolute atomic E-state index is 0.440. The maximum Gasteiger partial charge on any atom is 0.00909 e. The fourth-order valence-corrected chi connectivity index (χ4v) is 2.87. The molecule has 0 atom stereocenters. The first-order valence-electron chi connectivity index (χ1n) is 5.77. The van der Waals surface area contributed by atoms with E-state index in [4.69, 9.17) is 0 Å². The van der Waals surface area contributed by atoms with Crippen LogP contribution in [0.25, 0.3) is 0 Å². The summed E-state index contributed by atoms with van der Waals surface area (Å²) < 4.78 is 0. The molecule has 1 rings (SSSR count). The number of benzene rings is 1. The van der Waals surface area contributed by atoms with Crippen LogP contribution in [0, 0.1) is 12.3 Å². The molecule has 0 bridgehead atoms. The van der Waals surface area contributed by atoms with Crippen molar-refractivity contribution in [2.24, 2.45) is 5.41 Å². The zero-order valence-electron chi connectivity index (χ0n) is 10.0. The molecule has 0 nitrogen and oxygen atoms in total. The van der Waals surface area contributed by atoms with Gasteiger partial charge in [-0.25, -0.2) is 0 Å². The summed E-state index contributed by atoms with van der Waals surface area (Å²) in [5, 5.41) is 1.10. The Bertz CT molecular complexity index is 274. The average molecular weight is 269 g/mol. The molecule has 0 aliphatic rings. The number of aryl methyl sites for hydroxylation is 1. The van der Waals surface area contributed by atoms with Crippen molar-refractivity contribution < 1.29 is 0 Å². The van der Waals surface area contributed by atoms with Gasteiger partial charge in [-0.3, -0.25) is 0 Å². The van der Waals surface area contributed by atoms with E-state index < -0.39 is 0 Å². The maximum absolute atomic E-state index is 3.67. The molecule has 0 N–H and O–H groups in total. The number of hydrogen-bond acceptors (Lipinski definition) is 0. The molecule has 1 aromatic carbocycles. The molecule has 0 unspecified atom stereocenters. The van der Waals surface area contributed by atoms with E-state index in [1.807, 2.05) is 0 Å². The minimum atomic E-state index is 0.440. The molecule has 1 heteroatoms. The van der Waals surface area contributed by atoms with Crippen molar-refractivity contribution >= 4 is 15.9 Å². The van der Waals surface area contributed by atoms with Gasteiger partial charge in [-0.1, -0.05) is 59.6 Å². The highest BCUT2D eigenvalue weighted by molar-refractivity contribution is 9.09. The van der Waals surface area contributed by atoms with Gasteiger partial charge in [0.25, 0.3) is 0 Å². The first kappa shape index (κ1) is 12.8. The van der Waals surface area contributed by atoms with Gasteiger partial charge < -0.3 is 0 Å². The Kier molecular flexibility index (Phi) is 4.85. The summed E-state index contributed by atoms with van der Waals surface area (Å²) in [4.78, 5) is 0. The van der Waals surface area contributed by atoms with Crippen LogP contribution >= 0.6 is 15.9 Å². The highest BCUT2D eigenvalue weighted by Crippen LogP contribution is 2.32. The van der Waals surface area contributed by atoms with Gasteiger partial charge in [-0.15, -0.1) is 0 Å². The van der Waals surface area contributed by atoms with Gasteiger partial charge in [0, 0.05) is 5.33 Å². The Balaban J connectivity index is 2.78. The zero-order valence-corrected chi connectivity index (χ0v) is 11.6. The van der Waals surface area contributed by atoms with Gasteiger partial charge in [0.1, 0.15) is 0 Å². The Morgan fingerprint density at radius 3 is 2.00 bits per heavy atom. The Hall–Kier alpha value is -0.300. The van der Waals surface area contributed by atoms with Gasteiger partial charge in [0.15, 0.2) is 0 Å². The summed E-state index contributed by atoms with van der Waals surface area (Å²) in [6.07, 6.45) is 3.66. The second kappa shape index (κ2) is 5.69. The van der Waals surface area contributed by atoms with Crippen LogP contribution in [0.2, 0.25) is 0 Å². The van der Waals surface area contributed by atoms with Crippen LogP contribution < -0.4 is 0 Å². The topological polar surface area (TPSA) is 0 Å². The second-order valence-electron chi connectivity index (χ2n) is 4.50. The van der Waals surface area contributed by atoms with E-state index in [2.05, 4.69) is 61.0 Å². The van der Waals surface area contributed by atoms with Gasteiger partial charge in [-0.2, -0.15) is 0 Å². The smallest absolute Gasteiger partial charge is 0.00909 e. The predicted octanol–water partition coefficient (Wildman–Crippen LogP) is 4.74. The van der Waals surface area contributed by atoms with Gasteiger partial charge in [0.2, 0.25) is 0 Å². The quantitative estimate of drug-likeness (QED) is 0.677. The SMILES string of the molecule is CCC(CC)(CBr)Cc1ccc(C)cc1. The van der Waals surface area contributed by atoms with Crippen molar-refractivity contribution in [2.45, 2.75) is 40.0 Å². The number of alkyl halides is 1. The second-order valence-corrected chi connectivity index (χ2v) is 5.06. The van der Waals surface area contributed by atoms with Crippen LogP contribution in [0.1, 0.15) is 37.8 Å². The summed E-state index contributed by atoms with van der Waals surface area (Å²) in [7, 11) is 0. The summed E-state index contributed by atoms with van der Waals surface area (Å²) in [6.45, 7) is 6.72. The first-order valence-corrected chi connectivity index (χ1v) is 6.89. The molecule has 15 heavy (non-hydrogen) atoms. The Morgan fingerprint density at radius 2 is 1.60 bits per heavy atom. The maximum atomic E-state index is 3.67. The molecule has 0 saturated carbocycles. The molecule has 0 aliphatic carbocycles. The van der Waals surface area contributed by atoms with Crippen molar-refractivity contribution in [2.75, 3.05) is 5.33 Å². The van der Waals surface area contributed by atoms with Crippen LogP contribution in [-0.4, -0.2) is 5.33 Å². The van der Waals surface area contributed by atoms with E-state index in [0.717, 1.165) is 5.33 Å². The average Bonchev–Trinajstić information content (AvgIpc) is 2.29. The molecule has 0 saturated heterocycles.